The molecule has 1 amide bonds. The molecule has 0 unspecified atom stereocenters. The monoisotopic (exact) mass is 348 g/mol. The molecule has 0 saturated carbocycles. The van der Waals surface area contributed by atoms with Gasteiger partial charge in [-0.05, 0) is 30.0 Å². The molecule has 130 valence electrons. The van der Waals surface area contributed by atoms with Crippen LogP contribution in [0.1, 0.15) is 39.7 Å². The van der Waals surface area contributed by atoms with Gasteiger partial charge in [0.1, 0.15) is 5.92 Å². The van der Waals surface area contributed by atoms with Gasteiger partial charge in [0.05, 0.1) is 11.7 Å². The highest BCUT2D eigenvalue weighted by molar-refractivity contribution is 6.30. The normalized spacial score (nSPS) is 24.5. The van der Waals surface area contributed by atoms with Crippen molar-refractivity contribution >= 4 is 17.5 Å². The van der Waals surface area contributed by atoms with Gasteiger partial charge in [-0.25, -0.2) is 0 Å². The second-order valence-electron chi connectivity index (χ2n) is 7.61. The number of hydrogen-bond donors (Lipinski definition) is 1. The van der Waals surface area contributed by atoms with Crippen LogP contribution in [0.2, 0.25) is 5.02 Å². The molecule has 0 aliphatic carbocycles. The number of carbonyl (C=O) groups excluding carboxylic acids is 1. The second kappa shape index (κ2) is 6.74. The van der Waals surface area contributed by atoms with Crippen molar-refractivity contribution in [2.45, 2.75) is 39.7 Å². The molecule has 1 fully saturated rings. The van der Waals surface area contributed by atoms with Crippen LogP contribution < -0.4 is 0 Å². The van der Waals surface area contributed by atoms with Gasteiger partial charge < -0.3 is 10.0 Å². The average Bonchev–Trinajstić information content (AvgIpc) is 2.50. The highest BCUT2D eigenvalue weighted by Gasteiger charge is 2.50. The first kappa shape index (κ1) is 18.8. The summed E-state index contributed by atoms with van der Waals surface area (Å²) in [6, 6.07) is 9.34. The summed E-state index contributed by atoms with van der Waals surface area (Å²) in [6.07, 6.45) is 0.434. The van der Waals surface area contributed by atoms with Crippen LogP contribution in [0.5, 0.6) is 0 Å². The lowest BCUT2D eigenvalue weighted by atomic mass is 9.66. The van der Waals surface area contributed by atoms with Gasteiger partial charge in [0, 0.05) is 23.5 Å². The third-order valence-corrected chi connectivity index (χ3v) is 5.41. The number of amides is 1. The predicted molar refractivity (Wildman–Crippen MR) is 94.3 cm³/mol. The fraction of sp³-hybridized carbons (Fsp3) is 0.579. The molecule has 1 aromatic rings. The number of aliphatic hydroxyl groups is 1. The van der Waals surface area contributed by atoms with Gasteiger partial charge in [-0.1, -0.05) is 51.4 Å². The number of likely N-dealkylation sites (tertiary alicyclic amines) is 1. The average molecular weight is 349 g/mol. The Kier molecular flexibility index (Phi) is 5.27. The van der Waals surface area contributed by atoms with E-state index in [4.69, 9.17) is 11.6 Å². The fourth-order valence-corrected chi connectivity index (χ4v) is 3.58. The van der Waals surface area contributed by atoms with Crippen LogP contribution in [-0.2, 0) is 10.4 Å². The molecule has 4 nitrogen and oxygen atoms in total. The number of benzene rings is 1. The summed E-state index contributed by atoms with van der Waals surface area (Å²) in [5.74, 6) is -0.802. The summed E-state index contributed by atoms with van der Waals surface area (Å²) in [7, 11) is 0. The van der Waals surface area contributed by atoms with Gasteiger partial charge in [-0.15, -0.1) is 0 Å². The zero-order valence-electron chi connectivity index (χ0n) is 14.7. The molecule has 1 heterocycles. The lowest BCUT2D eigenvalue weighted by Crippen LogP contribution is -2.57. The Morgan fingerprint density at radius 3 is 2.38 bits per heavy atom. The first-order chi connectivity index (χ1) is 11.1. The number of nitrogens with zero attached hydrogens (tertiary/aromatic N) is 2. The van der Waals surface area contributed by atoms with E-state index in [2.05, 4.69) is 6.07 Å². The molecule has 1 saturated heterocycles. The minimum Gasteiger partial charge on any atom is -0.384 e. The van der Waals surface area contributed by atoms with Gasteiger partial charge in [-0.3, -0.25) is 4.79 Å². The molecule has 0 aromatic heterocycles. The molecule has 1 aliphatic heterocycles. The topological polar surface area (TPSA) is 64.3 Å². The van der Waals surface area contributed by atoms with E-state index in [1.165, 1.54) is 0 Å². The lowest BCUT2D eigenvalue weighted by Gasteiger charge is -2.51. The maximum absolute atomic E-state index is 12.7. The molecule has 0 spiro atoms. The van der Waals surface area contributed by atoms with Gasteiger partial charge in [0.2, 0.25) is 5.91 Å². The zero-order chi connectivity index (χ0) is 18.1. The van der Waals surface area contributed by atoms with Gasteiger partial charge in [0.25, 0.3) is 0 Å². The van der Waals surface area contributed by atoms with Crippen LogP contribution in [-0.4, -0.2) is 29.0 Å². The van der Waals surface area contributed by atoms with E-state index in [0.29, 0.717) is 24.5 Å². The first-order valence-electron chi connectivity index (χ1n) is 8.29. The Labute approximate surface area is 149 Å². The van der Waals surface area contributed by atoms with Gasteiger partial charge >= 0.3 is 0 Å². The Bertz CT molecular complexity index is 648. The van der Waals surface area contributed by atoms with Crippen molar-refractivity contribution < 1.29 is 9.90 Å². The Morgan fingerprint density at radius 2 is 1.92 bits per heavy atom. The third-order valence-electron chi connectivity index (χ3n) is 5.15. The molecular formula is C19H25ClN2O2. The van der Waals surface area contributed by atoms with E-state index < -0.39 is 16.9 Å². The van der Waals surface area contributed by atoms with Crippen molar-refractivity contribution in [3.05, 3.63) is 34.9 Å². The van der Waals surface area contributed by atoms with Crippen molar-refractivity contribution in [2.24, 2.45) is 17.3 Å². The zero-order valence-corrected chi connectivity index (χ0v) is 15.5. The number of carbonyl (C=O) groups is 1. The number of piperidine rings is 1. The maximum atomic E-state index is 12.7. The predicted octanol–water partition coefficient (Wildman–Crippen LogP) is 3.58. The van der Waals surface area contributed by atoms with Crippen LogP contribution >= 0.6 is 11.6 Å². The number of hydrogen-bond acceptors (Lipinski definition) is 3. The van der Waals surface area contributed by atoms with Crippen LogP contribution in [0.3, 0.4) is 0 Å². The first-order valence-corrected chi connectivity index (χ1v) is 8.67. The number of rotatable bonds is 3. The minimum atomic E-state index is -1.03. The van der Waals surface area contributed by atoms with E-state index >= 15 is 0 Å². The van der Waals surface area contributed by atoms with E-state index in [9.17, 15) is 15.2 Å². The number of nitriles is 1. The summed E-state index contributed by atoms with van der Waals surface area (Å²) in [5, 5.41) is 21.2. The highest BCUT2D eigenvalue weighted by atomic mass is 35.5. The molecule has 2 atom stereocenters. The summed E-state index contributed by atoms with van der Waals surface area (Å²) >= 11 is 5.95. The molecule has 1 N–H and O–H groups in total. The Morgan fingerprint density at radius 1 is 1.33 bits per heavy atom. The summed E-state index contributed by atoms with van der Waals surface area (Å²) in [5.41, 5.74) is -0.759. The quantitative estimate of drug-likeness (QED) is 0.907. The van der Waals surface area contributed by atoms with E-state index in [1.807, 2.05) is 39.8 Å². The summed E-state index contributed by atoms with van der Waals surface area (Å²) < 4.78 is 0. The van der Waals surface area contributed by atoms with Gasteiger partial charge in [0.15, 0.2) is 0 Å². The lowest BCUT2D eigenvalue weighted by molar-refractivity contribution is -0.156. The van der Waals surface area contributed by atoms with Gasteiger partial charge in [-0.2, -0.15) is 5.26 Å². The minimum absolute atomic E-state index is 0.0253. The van der Waals surface area contributed by atoms with Crippen molar-refractivity contribution in [2.75, 3.05) is 13.1 Å². The largest absolute Gasteiger partial charge is 0.384 e. The molecule has 0 radical (unpaired) electrons. The van der Waals surface area contributed by atoms with Crippen molar-refractivity contribution in [1.29, 1.82) is 5.26 Å². The van der Waals surface area contributed by atoms with Crippen molar-refractivity contribution in [1.82, 2.24) is 4.90 Å². The van der Waals surface area contributed by atoms with E-state index in [-0.39, 0.29) is 11.8 Å². The van der Waals surface area contributed by atoms with Crippen LogP contribution in [0, 0.1) is 28.6 Å². The van der Waals surface area contributed by atoms with Crippen molar-refractivity contribution in [3.63, 3.8) is 0 Å². The summed E-state index contributed by atoms with van der Waals surface area (Å²) in [4.78, 5) is 14.4. The standard InChI is InChI=1S/C19H25ClN2O2/c1-13(2)16(11-21)17(23)22-10-9-19(24,18(3,4)12-22)14-5-7-15(20)8-6-14/h5-8,13,16,24H,9-10,12H2,1-4H3/t16-,19+/m1/s1. The smallest absolute Gasteiger partial charge is 0.240 e. The second-order valence-corrected chi connectivity index (χ2v) is 8.05. The molecule has 1 aromatic carbocycles. The summed E-state index contributed by atoms with van der Waals surface area (Å²) in [6.45, 7) is 8.52. The Hall–Kier alpha value is -1.57. The molecular weight excluding hydrogens is 324 g/mol. The Balaban J connectivity index is 2.25. The number of halogens is 1. The molecule has 1 aliphatic rings. The third kappa shape index (κ3) is 3.29. The van der Waals surface area contributed by atoms with E-state index in [1.54, 1.807) is 17.0 Å². The van der Waals surface area contributed by atoms with E-state index in [0.717, 1.165) is 5.56 Å². The molecule has 24 heavy (non-hydrogen) atoms. The van der Waals surface area contributed by atoms with Crippen LogP contribution in [0.15, 0.2) is 24.3 Å². The fourth-order valence-electron chi connectivity index (χ4n) is 3.46. The van der Waals surface area contributed by atoms with Crippen molar-refractivity contribution in [3.8, 4) is 6.07 Å². The maximum Gasteiger partial charge on any atom is 0.240 e. The van der Waals surface area contributed by atoms with Crippen LogP contribution in [0.4, 0.5) is 0 Å². The molecule has 5 heteroatoms. The highest BCUT2D eigenvalue weighted by Crippen LogP contribution is 2.46. The SMILES string of the molecule is CC(C)[C@@H](C#N)C(=O)N1CC[C@](O)(c2ccc(Cl)cc2)C(C)(C)C1. The molecule has 2 rings (SSSR count). The molecule has 0 bridgehead atoms. The van der Waals surface area contributed by atoms with Crippen LogP contribution in [0.25, 0.3) is 0 Å².